The van der Waals surface area contributed by atoms with E-state index < -0.39 is 24.4 Å². The van der Waals surface area contributed by atoms with E-state index >= 15 is 0 Å². The van der Waals surface area contributed by atoms with Gasteiger partial charge in [-0.25, -0.2) is 0 Å². The molecule has 11 nitrogen and oxygen atoms in total. The number of aliphatic carboxylic acids is 2. The van der Waals surface area contributed by atoms with Gasteiger partial charge in [-0.1, -0.05) is 23.7 Å². The van der Waals surface area contributed by atoms with Gasteiger partial charge < -0.3 is 35.6 Å². The zero-order valence-electron chi connectivity index (χ0n) is 30.5. The number of hydrogen-bond donors (Lipinski definition) is 5. The Balaban J connectivity index is 0.000000218. The Bertz CT molecular complexity index is 2110. The van der Waals surface area contributed by atoms with Crippen molar-refractivity contribution in [1.29, 1.82) is 5.26 Å². The van der Waals surface area contributed by atoms with Crippen LogP contribution in [0.1, 0.15) is 77.6 Å². The molecule has 0 aliphatic heterocycles. The van der Waals surface area contributed by atoms with E-state index in [1.54, 1.807) is 12.1 Å². The number of aryl methyl sites for hydroxylation is 1. The number of carbonyl (C=O) groups is 3. The molecule has 16 heteroatoms. The summed E-state index contributed by atoms with van der Waals surface area (Å²) < 4.78 is 14.6. The maximum atomic E-state index is 12.1. The van der Waals surface area contributed by atoms with Crippen molar-refractivity contribution in [2.75, 3.05) is 17.2 Å². The van der Waals surface area contributed by atoms with Gasteiger partial charge >= 0.3 is 11.9 Å². The van der Waals surface area contributed by atoms with Crippen LogP contribution in [0.2, 0.25) is 5.02 Å². The first-order chi connectivity index (χ1) is 27.3. The van der Waals surface area contributed by atoms with Gasteiger partial charge in [-0.15, -0.1) is 0 Å². The summed E-state index contributed by atoms with van der Waals surface area (Å²) in [5.74, 6) is -1.25. The average Bonchev–Trinajstić information content (AvgIpc) is 3.13. The van der Waals surface area contributed by atoms with E-state index in [0.29, 0.717) is 61.7 Å². The molecule has 300 valence electrons. The number of nitrogens with zero attached hydrogens (tertiary/aromatic N) is 1. The van der Waals surface area contributed by atoms with Crippen LogP contribution in [-0.4, -0.2) is 46.7 Å². The van der Waals surface area contributed by atoms with Crippen molar-refractivity contribution in [1.82, 2.24) is 5.32 Å². The van der Waals surface area contributed by atoms with Gasteiger partial charge in [0.05, 0.1) is 40.2 Å². The van der Waals surface area contributed by atoms with Gasteiger partial charge in [0.15, 0.2) is 0 Å². The summed E-state index contributed by atoms with van der Waals surface area (Å²) >= 11 is 20.4. The van der Waals surface area contributed by atoms with Crippen LogP contribution in [0.5, 0.6) is 11.5 Å². The molecule has 0 bridgehead atoms. The predicted molar refractivity (Wildman–Crippen MR) is 233 cm³/mol. The number of carbonyl (C=O) groups excluding carboxylic acids is 1. The summed E-state index contributed by atoms with van der Waals surface area (Å²) in [4.78, 5) is 33.4. The van der Waals surface area contributed by atoms with Crippen molar-refractivity contribution in [3.8, 4) is 17.6 Å². The molecule has 0 atom stereocenters. The average molecular weight is 1050 g/mol. The Morgan fingerprint density at radius 3 is 1.93 bits per heavy atom. The molecule has 0 aromatic heterocycles. The molecule has 2 saturated carbocycles. The summed E-state index contributed by atoms with van der Waals surface area (Å²) in [6.07, 6.45) is 7.66. The second kappa shape index (κ2) is 21.3. The molecule has 2 fully saturated rings. The lowest BCUT2D eigenvalue weighted by Gasteiger charge is -2.28. The molecule has 0 heterocycles. The zero-order valence-corrected chi connectivity index (χ0v) is 37.6. The molecule has 0 unspecified atom stereocenters. The maximum Gasteiger partial charge on any atom is 0.322 e. The SMILES string of the molecule is N#Cc1cc(COc2c(Br)cc(CCC(=O)O)cc2Br)cc(NC2CCC2)c1.O=C(O)CNC(=O)c1cc(Br)c(OCc2cccc(NC3CCC3)c2Cl)c(Br)c1. The van der Waals surface area contributed by atoms with Gasteiger partial charge in [0, 0.05) is 35.3 Å². The van der Waals surface area contributed by atoms with Gasteiger partial charge in [-0.2, -0.15) is 5.26 Å². The minimum atomic E-state index is -1.11. The quantitative estimate of drug-likeness (QED) is 0.0728. The second-order valence-electron chi connectivity index (χ2n) is 13.6. The summed E-state index contributed by atoms with van der Waals surface area (Å²) in [5.41, 5.74) is 5.43. The summed E-state index contributed by atoms with van der Waals surface area (Å²) in [5, 5.41) is 36.7. The number of carboxylic acid groups (broad SMARTS) is 2. The number of amides is 1. The van der Waals surface area contributed by atoms with E-state index in [1.165, 1.54) is 12.8 Å². The summed E-state index contributed by atoms with van der Waals surface area (Å²) in [7, 11) is 0. The molecule has 0 radical (unpaired) electrons. The van der Waals surface area contributed by atoms with Crippen molar-refractivity contribution in [3.05, 3.63) is 111 Å². The smallest absolute Gasteiger partial charge is 0.322 e. The van der Waals surface area contributed by atoms with Crippen LogP contribution in [-0.2, 0) is 29.2 Å². The van der Waals surface area contributed by atoms with Crippen LogP contribution in [0.3, 0.4) is 0 Å². The van der Waals surface area contributed by atoms with Gasteiger partial charge in [-0.3, -0.25) is 14.4 Å². The number of ether oxygens (including phenoxy) is 2. The fourth-order valence-electron chi connectivity index (χ4n) is 5.82. The first-order valence-electron chi connectivity index (χ1n) is 18.1. The predicted octanol–water partition coefficient (Wildman–Crippen LogP) is 10.9. The Hall–Kier alpha value is -3.81. The fraction of sp³-hybridized carbons (Fsp3) is 0.317. The topological polar surface area (TPSA) is 170 Å². The standard InChI is InChI=1S/C21H20Br2N2O3.C20H19Br2ClN2O4/c22-18-9-13(4-5-20(26)27)10-19(23)21(18)28-12-15-6-14(11-24)7-17(8-15)25-16-2-1-3-16;21-14-7-12(20(28)24-9-17(26)27)8-15(22)19(14)29-10-11-3-1-6-16(18(11)23)25-13-4-2-5-13/h6-10,16,25H,1-5,12H2,(H,26,27);1,3,6-8,13,25H,2,4-5,9-10H2,(H,24,28)(H,26,27). The molecule has 4 aromatic rings. The molecule has 57 heavy (non-hydrogen) atoms. The number of hydrogen-bond acceptors (Lipinski definition) is 8. The summed E-state index contributed by atoms with van der Waals surface area (Å²) in [6.45, 7) is 0.122. The van der Waals surface area contributed by atoms with Crippen LogP contribution in [0.4, 0.5) is 11.4 Å². The number of halogens is 5. The lowest BCUT2D eigenvalue weighted by atomic mass is 9.93. The van der Waals surface area contributed by atoms with Gasteiger partial charge in [0.25, 0.3) is 5.91 Å². The van der Waals surface area contributed by atoms with Crippen LogP contribution in [0.15, 0.2) is 78.6 Å². The van der Waals surface area contributed by atoms with E-state index in [4.69, 9.17) is 31.3 Å². The largest absolute Gasteiger partial charge is 0.487 e. The van der Waals surface area contributed by atoms with Crippen molar-refractivity contribution in [2.24, 2.45) is 0 Å². The zero-order chi connectivity index (χ0) is 41.1. The Morgan fingerprint density at radius 2 is 1.37 bits per heavy atom. The fourth-order valence-corrected chi connectivity index (χ4v) is 8.99. The van der Waals surface area contributed by atoms with Gasteiger partial charge in [0.2, 0.25) is 0 Å². The number of benzene rings is 4. The van der Waals surface area contributed by atoms with E-state index in [0.717, 1.165) is 62.7 Å². The van der Waals surface area contributed by atoms with Crippen molar-refractivity contribution in [3.63, 3.8) is 0 Å². The monoisotopic (exact) mass is 1050 g/mol. The highest BCUT2D eigenvalue weighted by Gasteiger charge is 2.20. The molecule has 4 aromatic carbocycles. The van der Waals surface area contributed by atoms with Crippen molar-refractivity contribution < 1.29 is 34.1 Å². The molecule has 1 amide bonds. The van der Waals surface area contributed by atoms with Crippen LogP contribution in [0.25, 0.3) is 0 Å². The van der Waals surface area contributed by atoms with Crippen LogP contribution < -0.4 is 25.4 Å². The number of carboxylic acids is 2. The highest BCUT2D eigenvalue weighted by molar-refractivity contribution is 9.11. The molecule has 6 rings (SSSR count). The minimum absolute atomic E-state index is 0.0802. The van der Waals surface area contributed by atoms with E-state index in [9.17, 15) is 19.6 Å². The first-order valence-corrected chi connectivity index (χ1v) is 21.6. The highest BCUT2D eigenvalue weighted by Crippen LogP contribution is 2.38. The van der Waals surface area contributed by atoms with Crippen molar-refractivity contribution >= 4 is 105 Å². The molecule has 5 N–H and O–H groups in total. The molecular weight excluding hydrogens is 1020 g/mol. The first kappa shape index (κ1) is 44.3. The normalized spacial score (nSPS) is 13.5. The van der Waals surface area contributed by atoms with Crippen molar-refractivity contribution in [2.45, 2.75) is 76.7 Å². The third kappa shape index (κ3) is 13.1. The third-order valence-corrected chi connectivity index (χ3v) is 12.0. The molecule has 2 aliphatic carbocycles. The Labute approximate surface area is 369 Å². The molecule has 0 spiro atoms. The number of rotatable bonds is 16. The molecule has 0 saturated heterocycles. The number of anilines is 2. The Kier molecular flexibility index (Phi) is 16.5. The third-order valence-electron chi connectivity index (χ3n) is 9.24. The molecule has 2 aliphatic rings. The van der Waals surface area contributed by atoms with E-state index in [-0.39, 0.29) is 13.0 Å². The van der Waals surface area contributed by atoms with Crippen LogP contribution >= 0.6 is 75.3 Å². The summed E-state index contributed by atoms with van der Waals surface area (Å²) in [6, 6.07) is 21.6. The van der Waals surface area contributed by atoms with Crippen LogP contribution in [0, 0.1) is 11.3 Å². The molecular formula is C41H39Br4ClN4O7. The van der Waals surface area contributed by atoms with Gasteiger partial charge in [0.1, 0.15) is 31.3 Å². The number of nitrogens with one attached hydrogen (secondary N) is 3. The number of nitriles is 1. The second-order valence-corrected chi connectivity index (χ2v) is 17.4. The highest BCUT2D eigenvalue weighted by atomic mass is 79.9. The lowest BCUT2D eigenvalue weighted by Crippen LogP contribution is -2.29. The minimum Gasteiger partial charge on any atom is -0.487 e. The van der Waals surface area contributed by atoms with Gasteiger partial charge in [-0.05, 0) is 168 Å². The lowest BCUT2D eigenvalue weighted by molar-refractivity contribution is -0.137. The van der Waals surface area contributed by atoms with E-state index in [2.05, 4.69) is 85.7 Å². The maximum absolute atomic E-state index is 12.1. The van der Waals surface area contributed by atoms with E-state index in [1.807, 2.05) is 48.5 Å². The Morgan fingerprint density at radius 1 is 0.772 bits per heavy atom.